The van der Waals surface area contributed by atoms with Crippen LogP contribution in [0.4, 0.5) is 4.39 Å². The zero-order valence-corrected chi connectivity index (χ0v) is 18.1. The van der Waals surface area contributed by atoms with Gasteiger partial charge in [-0.05, 0) is 55.9 Å². The van der Waals surface area contributed by atoms with Gasteiger partial charge >= 0.3 is 0 Å². The topological polar surface area (TPSA) is 31.2 Å². The highest BCUT2D eigenvalue weighted by Gasteiger charge is 2.42. The van der Waals surface area contributed by atoms with Crippen LogP contribution in [0.25, 0.3) is 22.2 Å². The second kappa shape index (κ2) is 8.14. The number of hydrogen-bond acceptors (Lipinski definition) is 2. The maximum absolute atomic E-state index is 16.4. The molecule has 4 heteroatoms. The maximum Gasteiger partial charge on any atom is 0.165 e. The first-order valence-electron chi connectivity index (χ1n) is 11.6. The Kier molecular flexibility index (Phi) is 5.33. The van der Waals surface area contributed by atoms with Gasteiger partial charge in [-0.15, -0.1) is 0 Å². The molecule has 0 N–H and O–H groups in total. The summed E-state index contributed by atoms with van der Waals surface area (Å²) in [6, 6.07) is 16.5. The van der Waals surface area contributed by atoms with Gasteiger partial charge in [-0.1, -0.05) is 49.6 Å². The fourth-order valence-electron chi connectivity index (χ4n) is 5.62. The number of alkyl halides is 1. The van der Waals surface area contributed by atoms with Crippen LogP contribution >= 0.6 is 0 Å². The third-order valence-electron chi connectivity index (χ3n) is 7.30. The monoisotopic (exact) mass is 419 g/mol. The number of hydrogen-bond donors (Lipinski definition) is 0. The lowest BCUT2D eigenvalue weighted by Crippen LogP contribution is -2.44. The average molecular weight is 420 g/mol. The van der Waals surface area contributed by atoms with Crippen molar-refractivity contribution in [3.63, 3.8) is 0 Å². The van der Waals surface area contributed by atoms with E-state index in [2.05, 4.69) is 28.8 Å². The molecule has 5 rings (SSSR count). The minimum absolute atomic E-state index is 0.157. The van der Waals surface area contributed by atoms with Crippen molar-refractivity contribution in [3.05, 3.63) is 54.1 Å². The van der Waals surface area contributed by atoms with E-state index in [-0.39, 0.29) is 19.4 Å². The second-order valence-corrected chi connectivity index (χ2v) is 9.20. The third kappa shape index (κ3) is 3.46. The van der Waals surface area contributed by atoms with E-state index in [0.717, 1.165) is 28.8 Å². The number of fused-ring (bicyclic) bond motifs is 5. The number of nitrogens with zero attached hydrogens (tertiary/aromatic N) is 1. The molecular weight excluding hydrogens is 389 g/mol. The van der Waals surface area contributed by atoms with E-state index in [1.807, 2.05) is 24.3 Å². The Morgan fingerprint density at radius 2 is 1.84 bits per heavy atom. The van der Waals surface area contributed by atoms with Gasteiger partial charge in [0.05, 0.1) is 12.2 Å². The molecule has 162 valence electrons. The van der Waals surface area contributed by atoms with Gasteiger partial charge in [0.2, 0.25) is 0 Å². The first-order valence-corrected chi connectivity index (χ1v) is 11.6. The predicted molar refractivity (Wildman–Crippen MR) is 122 cm³/mol. The fraction of sp³-hybridized carbons (Fsp3) is 0.444. The zero-order valence-electron chi connectivity index (χ0n) is 18.1. The summed E-state index contributed by atoms with van der Waals surface area (Å²) in [6.07, 6.45) is 6.63. The van der Waals surface area contributed by atoms with Gasteiger partial charge in [0.15, 0.2) is 5.67 Å². The van der Waals surface area contributed by atoms with Crippen molar-refractivity contribution < 1.29 is 13.9 Å². The van der Waals surface area contributed by atoms with E-state index in [9.17, 15) is 4.79 Å². The smallest absolute Gasteiger partial charge is 0.165 e. The van der Waals surface area contributed by atoms with Gasteiger partial charge in [0.25, 0.3) is 0 Å². The molecule has 2 aliphatic rings. The Balaban J connectivity index is 1.80. The standard InChI is InChI=1S/C27H30FNO2/c1-19-27(28,16-9-17-30)18-29-23-14-7-5-12-21(23)25(20-10-3-2-4-11-20)26(29)22-13-6-8-15-24(22)31-19/h5-8,12-15,17,19-20H,2-4,9-11,16,18H2,1H3. The quantitative estimate of drug-likeness (QED) is 0.434. The van der Waals surface area contributed by atoms with Crippen LogP contribution in [0.3, 0.4) is 0 Å². The summed E-state index contributed by atoms with van der Waals surface area (Å²) in [5, 5.41) is 1.23. The van der Waals surface area contributed by atoms with Crippen molar-refractivity contribution in [2.24, 2.45) is 0 Å². The fourth-order valence-corrected chi connectivity index (χ4v) is 5.62. The van der Waals surface area contributed by atoms with Crippen LogP contribution < -0.4 is 4.74 Å². The Hall–Kier alpha value is -2.62. The summed E-state index contributed by atoms with van der Waals surface area (Å²) in [5.41, 5.74) is 2.94. The molecular formula is C27H30FNO2. The average Bonchev–Trinajstić information content (AvgIpc) is 3.11. The maximum atomic E-state index is 16.4. The highest BCUT2D eigenvalue weighted by molar-refractivity contribution is 5.93. The molecule has 1 aromatic heterocycles. The number of benzene rings is 2. The molecule has 0 spiro atoms. The van der Waals surface area contributed by atoms with E-state index in [0.29, 0.717) is 5.92 Å². The first-order chi connectivity index (χ1) is 15.1. The zero-order chi connectivity index (χ0) is 21.4. The van der Waals surface area contributed by atoms with Crippen molar-refractivity contribution >= 4 is 17.2 Å². The molecule has 0 saturated heterocycles. The second-order valence-electron chi connectivity index (χ2n) is 9.20. The van der Waals surface area contributed by atoms with E-state index in [1.54, 1.807) is 6.92 Å². The first kappa shape index (κ1) is 20.3. The van der Waals surface area contributed by atoms with Gasteiger partial charge in [-0.3, -0.25) is 0 Å². The molecule has 0 radical (unpaired) electrons. The Morgan fingerprint density at radius 3 is 2.65 bits per heavy atom. The van der Waals surface area contributed by atoms with Crippen molar-refractivity contribution in [1.29, 1.82) is 0 Å². The van der Waals surface area contributed by atoms with Gasteiger partial charge in [0.1, 0.15) is 18.1 Å². The van der Waals surface area contributed by atoms with Crippen LogP contribution in [-0.4, -0.2) is 22.6 Å². The summed E-state index contributed by atoms with van der Waals surface area (Å²) in [4.78, 5) is 11.1. The summed E-state index contributed by atoms with van der Waals surface area (Å²) < 4.78 is 24.9. The Morgan fingerprint density at radius 1 is 1.10 bits per heavy atom. The molecule has 2 unspecified atom stereocenters. The van der Waals surface area contributed by atoms with Crippen molar-refractivity contribution in [2.75, 3.05) is 0 Å². The predicted octanol–water partition coefficient (Wildman–Crippen LogP) is 6.82. The number of aldehydes is 1. The largest absolute Gasteiger partial charge is 0.487 e. The summed E-state index contributed by atoms with van der Waals surface area (Å²) >= 11 is 0. The van der Waals surface area contributed by atoms with Crippen LogP contribution in [0, 0.1) is 0 Å². The number of rotatable bonds is 4. The lowest BCUT2D eigenvalue weighted by Gasteiger charge is -2.36. The molecule has 3 nitrogen and oxygen atoms in total. The molecule has 2 heterocycles. The normalized spacial score (nSPS) is 24.0. The lowest BCUT2D eigenvalue weighted by molar-refractivity contribution is -0.109. The molecule has 0 amide bonds. The molecule has 1 saturated carbocycles. The van der Waals surface area contributed by atoms with E-state index >= 15 is 4.39 Å². The molecule has 3 aromatic rings. The molecule has 1 aliphatic heterocycles. The summed E-state index contributed by atoms with van der Waals surface area (Å²) in [5.74, 6) is 1.20. The Labute approximate surface area is 183 Å². The van der Waals surface area contributed by atoms with Crippen LogP contribution in [0.5, 0.6) is 5.75 Å². The molecule has 1 fully saturated rings. The van der Waals surface area contributed by atoms with Crippen molar-refractivity contribution in [3.8, 4) is 17.0 Å². The molecule has 2 atom stereocenters. The molecule has 31 heavy (non-hydrogen) atoms. The number of carbonyl (C=O) groups is 1. The van der Waals surface area contributed by atoms with Gasteiger partial charge in [-0.25, -0.2) is 4.39 Å². The summed E-state index contributed by atoms with van der Waals surface area (Å²) in [7, 11) is 0. The number of para-hydroxylation sites is 2. The van der Waals surface area contributed by atoms with Crippen molar-refractivity contribution in [2.45, 2.75) is 76.1 Å². The number of halogens is 1. The Bertz CT molecular complexity index is 1100. The van der Waals surface area contributed by atoms with Crippen molar-refractivity contribution in [1.82, 2.24) is 4.57 Å². The van der Waals surface area contributed by atoms with Gasteiger partial charge < -0.3 is 14.1 Å². The number of ether oxygens (including phenoxy) is 1. The number of carbonyl (C=O) groups excluding carboxylic acids is 1. The number of aromatic nitrogens is 1. The molecule has 0 bridgehead atoms. The minimum Gasteiger partial charge on any atom is -0.487 e. The molecule has 1 aliphatic carbocycles. The third-order valence-corrected chi connectivity index (χ3v) is 7.30. The summed E-state index contributed by atoms with van der Waals surface area (Å²) in [6.45, 7) is 1.99. The van der Waals surface area contributed by atoms with Gasteiger partial charge in [-0.2, -0.15) is 0 Å². The van der Waals surface area contributed by atoms with Crippen LogP contribution in [0.2, 0.25) is 0 Å². The van der Waals surface area contributed by atoms with Crippen LogP contribution in [0.1, 0.15) is 63.4 Å². The molecule has 2 aromatic carbocycles. The van der Waals surface area contributed by atoms with E-state index in [4.69, 9.17) is 4.74 Å². The van der Waals surface area contributed by atoms with E-state index in [1.165, 1.54) is 43.1 Å². The minimum atomic E-state index is -1.63. The van der Waals surface area contributed by atoms with E-state index < -0.39 is 11.8 Å². The van der Waals surface area contributed by atoms with Gasteiger partial charge in [0, 0.05) is 22.9 Å². The van der Waals surface area contributed by atoms with Crippen LogP contribution in [-0.2, 0) is 11.3 Å². The van der Waals surface area contributed by atoms with Crippen LogP contribution in [0.15, 0.2) is 48.5 Å². The SMILES string of the molecule is CC1Oc2ccccc2-c2c(C3CCCCC3)c3ccccc3n2CC1(F)CCC=O. The highest BCUT2D eigenvalue weighted by Crippen LogP contribution is 2.48. The highest BCUT2D eigenvalue weighted by atomic mass is 19.1. The lowest BCUT2D eigenvalue weighted by atomic mass is 9.81.